The monoisotopic (exact) mass is 452 g/mol. The van der Waals surface area contributed by atoms with E-state index in [4.69, 9.17) is 5.11 Å². The van der Waals surface area contributed by atoms with Gasteiger partial charge in [0.25, 0.3) is 0 Å². The third-order valence-electron chi connectivity index (χ3n) is 8.07. The van der Waals surface area contributed by atoms with Crippen LogP contribution in [0.25, 0.3) is 0 Å². The zero-order valence-electron chi connectivity index (χ0n) is 20.4. The second-order valence-electron chi connectivity index (χ2n) is 10.4. The van der Waals surface area contributed by atoms with E-state index in [1.807, 2.05) is 12.1 Å². The summed E-state index contributed by atoms with van der Waals surface area (Å²) in [6, 6.07) is 8.00. The van der Waals surface area contributed by atoms with E-state index in [1.54, 1.807) is 0 Å². The van der Waals surface area contributed by atoms with E-state index in [2.05, 4.69) is 36.4 Å². The summed E-state index contributed by atoms with van der Waals surface area (Å²) in [5, 5.41) is 18.8. The van der Waals surface area contributed by atoms with Gasteiger partial charge >= 0.3 is 5.97 Å². The van der Waals surface area contributed by atoms with Crippen LogP contribution in [0, 0.1) is 11.8 Å². The fourth-order valence-corrected chi connectivity index (χ4v) is 6.20. The van der Waals surface area contributed by atoms with Gasteiger partial charge in [-0.15, -0.1) is 0 Å². The van der Waals surface area contributed by atoms with Crippen LogP contribution >= 0.6 is 0 Å². The highest BCUT2D eigenvalue weighted by molar-refractivity contribution is 5.66. The minimum Gasteiger partial charge on any atom is -0.508 e. The molecule has 182 valence electrons. The topological polar surface area (TPSA) is 57.5 Å². The molecule has 0 bridgehead atoms. The summed E-state index contributed by atoms with van der Waals surface area (Å²) in [6.45, 7) is 0. The van der Waals surface area contributed by atoms with Crippen molar-refractivity contribution in [1.82, 2.24) is 0 Å². The van der Waals surface area contributed by atoms with Gasteiger partial charge in [0.15, 0.2) is 0 Å². The van der Waals surface area contributed by atoms with Crippen LogP contribution in [0.3, 0.4) is 0 Å². The quantitative estimate of drug-likeness (QED) is 0.220. The molecule has 0 aromatic heterocycles. The van der Waals surface area contributed by atoms with E-state index in [0.29, 0.717) is 18.1 Å². The maximum Gasteiger partial charge on any atom is 0.303 e. The number of unbranched alkanes of at least 4 members (excludes halogenated alkanes) is 3. The molecule has 1 aromatic rings. The van der Waals surface area contributed by atoms with Gasteiger partial charge in [-0.2, -0.15) is 0 Å². The van der Waals surface area contributed by atoms with Crippen molar-refractivity contribution in [3.8, 4) is 5.75 Å². The molecule has 1 fully saturated rings. The molecule has 33 heavy (non-hydrogen) atoms. The molecule has 1 aromatic carbocycles. The first kappa shape index (κ1) is 25.6. The predicted molar refractivity (Wildman–Crippen MR) is 137 cm³/mol. The van der Waals surface area contributed by atoms with Crippen LogP contribution in [0.5, 0.6) is 5.75 Å². The lowest BCUT2D eigenvalue weighted by Gasteiger charge is -2.44. The number of carboxylic acids is 1. The number of rotatable bonds is 14. The van der Waals surface area contributed by atoms with Gasteiger partial charge in [-0.05, 0) is 86.3 Å². The van der Waals surface area contributed by atoms with Crippen molar-refractivity contribution in [3.05, 3.63) is 54.1 Å². The molecular formula is C30H44O3. The molecule has 3 heteroatoms. The minimum atomic E-state index is -0.725. The number of hydrogen-bond acceptors (Lipinski definition) is 2. The number of hydrogen-bond donors (Lipinski definition) is 2. The Morgan fingerprint density at radius 1 is 1.03 bits per heavy atom. The molecule has 0 heterocycles. The first-order valence-corrected chi connectivity index (χ1v) is 13.4. The molecule has 2 atom stereocenters. The number of phenolic OH excluding ortho intramolecular Hbond substituents is 1. The third kappa shape index (κ3) is 8.05. The fraction of sp³-hybridized carbons (Fsp3) is 0.633. The Balaban J connectivity index is 1.62. The highest BCUT2D eigenvalue weighted by atomic mass is 16.4. The SMILES string of the molecule is O=C(O)CCC=CCC(CCCCCCC1C=CCC1)C1(c2ccc(O)cc2)CCCCC1. The second-order valence-corrected chi connectivity index (χ2v) is 10.4. The van der Waals surface area contributed by atoms with E-state index >= 15 is 0 Å². The largest absolute Gasteiger partial charge is 0.508 e. The molecule has 2 aliphatic rings. The highest BCUT2D eigenvalue weighted by Crippen LogP contribution is 2.48. The smallest absolute Gasteiger partial charge is 0.303 e. The summed E-state index contributed by atoms with van der Waals surface area (Å²) in [4.78, 5) is 10.9. The molecule has 0 radical (unpaired) electrons. The Bertz CT molecular complexity index is 755. The van der Waals surface area contributed by atoms with Gasteiger partial charge in [0.2, 0.25) is 0 Å². The summed E-state index contributed by atoms with van der Waals surface area (Å²) in [7, 11) is 0. The van der Waals surface area contributed by atoms with Gasteiger partial charge in [-0.1, -0.05) is 81.4 Å². The molecule has 1 saturated carbocycles. The van der Waals surface area contributed by atoms with Gasteiger partial charge in [0.1, 0.15) is 5.75 Å². The fourth-order valence-electron chi connectivity index (χ4n) is 6.20. The Morgan fingerprint density at radius 3 is 2.48 bits per heavy atom. The summed E-state index contributed by atoms with van der Waals surface area (Å²) in [6.07, 6.45) is 27.7. The van der Waals surface area contributed by atoms with Crippen molar-refractivity contribution in [2.45, 2.75) is 108 Å². The molecular weight excluding hydrogens is 408 g/mol. The zero-order chi connectivity index (χ0) is 23.4. The molecule has 2 N–H and O–H groups in total. The van der Waals surface area contributed by atoms with Crippen LogP contribution in [0.1, 0.15) is 108 Å². The van der Waals surface area contributed by atoms with Gasteiger partial charge in [0.05, 0.1) is 0 Å². The molecule has 0 saturated heterocycles. The first-order valence-electron chi connectivity index (χ1n) is 13.4. The van der Waals surface area contributed by atoms with Crippen molar-refractivity contribution in [2.24, 2.45) is 11.8 Å². The minimum absolute atomic E-state index is 0.178. The maximum absolute atomic E-state index is 10.9. The number of benzene rings is 1. The van der Waals surface area contributed by atoms with Crippen LogP contribution < -0.4 is 0 Å². The van der Waals surface area contributed by atoms with Crippen LogP contribution in [0.15, 0.2) is 48.6 Å². The van der Waals surface area contributed by atoms with Crippen LogP contribution in [0.4, 0.5) is 0 Å². The van der Waals surface area contributed by atoms with Crippen molar-refractivity contribution < 1.29 is 15.0 Å². The number of allylic oxidation sites excluding steroid dienone is 4. The van der Waals surface area contributed by atoms with Crippen LogP contribution in [-0.4, -0.2) is 16.2 Å². The van der Waals surface area contributed by atoms with Gasteiger partial charge < -0.3 is 10.2 Å². The lowest BCUT2D eigenvalue weighted by atomic mass is 9.60. The van der Waals surface area contributed by atoms with Gasteiger partial charge in [-0.3, -0.25) is 4.79 Å². The predicted octanol–water partition coefficient (Wildman–Crippen LogP) is 8.33. The maximum atomic E-state index is 10.9. The standard InChI is InChI=1S/C30H44O3/c31-28-21-19-27(20-22-28)30(23-11-4-12-24-30)26(17-7-3-8-18-29(32)33)16-6-2-1-5-13-25-14-9-10-15-25/h3,7,9,14,19-22,25-26,31H,1-2,4-6,8,10-13,15-18,23-24H2,(H,32,33). The van der Waals surface area contributed by atoms with Crippen molar-refractivity contribution in [3.63, 3.8) is 0 Å². The lowest BCUT2D eigenvalue weighted by molar-refractivity contribution is -0.136. The summed E-state index contributed by atoms with van der Waals surface area (Å²) >= 11 is 0. The van der Waals surface area contributed by atoms with Crippen molar-refractivity contribution in [1.29, 1.82) is 0 Å². The van der Waals surface area contributed by atoms with E-state index in [-0.39, 0.29) is 11.8 Å². The third-order valence-corrected chi connectivity index (χ3v) is 8.07. The van der Waals surface area contributed by atoms with E-state index in [1.165, 1.54) is 89.0 Å². The first-order chi connectivity index (χ1) is 16.1. The Hall–Kier alpha value is -2.03. The van der Waals surface area contributed by atoms with Crippen molar-refractivity contribution >= 4 is 5.97 Å². The molecule has 0 aliphatic heterocycles. The average Bonchev–Trinajstić information content (AvgIpc) is 3.34. The zero-order valence-corrected chi connectivity index (χ0v) is 20.4. The Labute approximate surface area is 201 Å². The summed E-state index contributed by atoms with van der Waals surface area (Å²) in [5.74, 6) is 1.01. The Morgan fingerprint density at radius 2 is 1.79 bits per heavy atom. The molecule has 2 aliphatic carbocycles. The molecule has 3 rings (SSSR count). The molecule has 3 nitrogen and oxygen atoms in total. The molecule has 0 spiro atoms. The molecule has 0 amide bonds. The Kier molecular flexibility index (Phi) is 10.6. The normalized spacial score (nSPS) is 20.9. The second kappa shape index (κ2) is 13.6. The summed E-state index contributed by atoms with van der Waals surface area (Å²) < 4.78 is 0. The van der Waals surface area contributed by atoms with Gasteiger partial charge in [-0.25, -0.2) is 0 Å². The van der Waals surface area contributed by atoms with E-state index < -0.39 is 5.97 Å². The van der Waals surface area contributed by atoms with E-state index in [9.17, 15) is 9.90 Å². The molecule has 2 unspecified atom stereocenters. The number of aliphatic carboxylic acids is 1. The van der Waals surface area contributed by atoms with Crippen LogP contribution in [0.2, 0.25) is 0 Å². The van der Waals surface area contributed by atoms with Crippen molar-refractivity contribution in [2.75, 3.05) is 0 Å². The van der Waals surface area contributed by atoms with E-state index in [0.717, 1.165) is 12.3 Å². The van der Waals surface area contributed by atoms with Crippen LogP contribution in [-0.2, 0) is 10.2 Å². The number of aromatic hydroxyl groups is 1. The summed E-state index contributed by atoms with van der Waals surface area (Å²) in [5.41, 5.74) is 1.56. The number of carbonyl (C=O) groups is 1. The van der Waals surface area contributed by atoms with Gasteiger partial charge in [0, 0.05) is 6.42 Å². The number of carboxylic acid groups (broad SMARTS) is 1. The average molecular weight is 453 g/mol. The number of phenols is 1. The highest BCUT2D eigenvalue weighted by Gasteiger charge is 2.40. The lowest BCUT2D eigenvalue weighted by Crippen LogP contribution is -2.37.